The predicted octanol–water partition coefficient (Wildman–Crippen LogP) is 5.09. The fourth-order valence-corrected chi connectivity index (χ4v) is 7.01. The largest absolute Gasteiger partial charge is 0.350 e. The molecule has 136 valence electrons. The van der Waals surface area contributed by atoms with E-state index < -0.39 is 0 Å². The van der Waals surface area contributed by atoms with Crippen molar-refractivity contribution < 1.29 is 9.18 Å². The van der Waals surface area contributed by atoms with E-state index in [2.05, 4.69) is 5.32 Å². The van der Waals surface area contributed by atoms with E-state index in [9.17, 15) is 9.18 Å². The minimum Gasteiger partial charge on any atom is -0.350 e. The first-order valence-corrected chi connectivity index (χ1v) is 10.6. The van der Waals surface area contributed by atoms with Gasteiger partial charge in [0, 0.05) is 16.4 Å². The Morgan fingerprint density at radius 2 is 1.68 bits per heavy atom. The summed E-state index contributed by atoms with van der Waals surface area (Å²) < 4.78 is 14.0. The van der Waals surface area contributed by atoms with Gasteiger partial charge in [0.05, 0.1) is 5.25 Å². The van der Waals surface area contributed by atoms with Gasteiger partial charge in [-0.15, -0.1) is 11.8 Å². The molecule has 25 heavy (non-hydrogen) atoms. The summed E-state index contributed by atoms with van der Waals surface area (Å²) in [5, 5.41) is 3.25. The minimum atomic E-state index is -0.184. The Labute approximate surface area is 154 Å². The Balaban J connectivity index is 1.39. The highest BCUT2D eigenvalue weighted by Crippen LogP contribution is 2.55. The highest BCUT2D eigenvalue weighted by atomic mass is 32.2. The third kappa shape index (κ3) is 3.47. The van der Waals surface area contributed by atoms with Crippen molar-refractivity contribution in [1.29, 1.82) is 0 Å². The van der Waals surface area contributed by atoms with Gasteiger partial charge >= 0.3 is 0 Å². The Bertz CT molecular complexity index is 626. The SMILES string of the molecule is CC(SC(C)c1ccccc1F)C(=O)NC12CC3CC(CC(C3)C1)C2. The van der Waals surface area contributed by atoms with Crippen molar-refractivity contribution in [2.75, 3.05) is 0 Å². The molecular formula is C21H28FNOS. The molecule has 0 radical (unpaired) electrons. The summed E-state index contributed by atoms with van der Waals surface area (Å²) >= 11 is 1.55. The van der Waals surface area contributed by atoms with Crippen molar-refractivity contribution in [1.82, 2.24) is 5.32 Å². The van der Waals surface area contributed by atoms with Crippen molar-refractivity contribution in [3.63, 3.8) is 0 Å². The first-order valence-electron chi connectivity index (χ1n) is 9.66. The average Bonchev–Trinajstić information content (AvgIpc) is 2.53. The second-order valence-corrected chi connectivity index (χ2v) is 10.3. The lowest BCUT2D eigenvalue weighted by molar-refractivity contribution is -0.126. The second-order valence-electron chi connectivity index (χ2n) is 8.63. The zero-order valence-electron chi connectivity index (χ0n) is 15.1. The zero-order valence-corrected chi connectivity index (χ0v) is 15.9. The molecular weight excluding hydrogens is 333 g/mol. The van der Waals surface area contributed by atoms with Gasteiger partial charge in [0.2, 0.25) is 5.91 Å². The maximum absolute atomic E-state index is 14.0. The first kappa shape index (κ1) is 17.4. The molecule has 4 fully saturated rings. The molecule has 1 aromatic rings. The van der Waals surface area contributed by atoms with Crippen LogP contribution in [0.2, 0.25) is 0 Å². The highest BCUT2D eigenvalue weighted by molar-refractivity contribution is 8.00. The van der Waals surface area contributed by atoms with Crippen LogP contribution in [0.1, 0.15) is 63.2 Å². The smallest absolute Gasteiger partial charge is 0.233 e. The topological polar surface area (TPSA) is 29.1 Å². The molecule has 0 aliphatic heterocycles. The van der Waals surface area contributed by atoms with Gasteiger partial charge in [-0.25, -0.2) is 4.39 Å². The number of hydrogen-bond donors (Lipinski definition) is 1. The number of carbonyl (C=O) groups is 1. The van der Waals surface area contributed by atoms with Crippen molar-refractivity contribution in [3.8, 4) is 0 Å². The van der Waals surface area contributed by atoms with E-state index in [4.69, 9.17) is 0 Å². The molecule has 0 aromatic heterocycles. The minimum absolute atomic E-state index is 0.0293. The fourth-order valence-electron chi connectivity index (χ4n) is 5.87. The van der Waals surface area contributed by atoms with Crippen LogP contribution in [0.5, 0.6) is 0 Å². The third-order valence-electron chi connectivity index (χ3n) is 6.55. The van der Waals surface area contributed by atoms with E-state index in [1.807, 2.05) is 26.0 Å². The van der Waals surface area contributed by atoms with E-state index in [0.29, 0.717) is 5.56 Å². The maximum Gasteiger partial charge on any atom is 0.233 e. The van der Waals surface area contributed by atoms with Gasteiger partial charge < -0.3 is 5.32 Å². The molecule has 1 amide bonds. The van der Waals surface area contributed by atoms with E-state index in [1.165, 1.54) is 44.6 Å². The third-order valence-corrected chi connectivity index (χ3v) is 7.83. The molecule has 2 unspecified atom stereocenters. The highest BCUT2D eigenvalue weighted by Gasteiger charge is 2.51. The van der Waals surface area contributed by atoms with Gasteiger partial charge in [0.1, 0.15) is 5.82 Å². The molecule has 4 saturated carbocycles. The fraction of sp³-hybridized carbons (Fsp3) is 0.667. The first-order chi connectivity index (χ1) is 11.9. The lowest BCUT2D eigenvalue weighted by Gasteiger charge is -2.57. The Morgan fingerprint density at radius 3 is 2.24 bits per heavy atom. The van der Waals surface area contributed by atoms with Crippen LogP contribution in [0.25, 0.3) is 0 Å². The summed E-state index contributed by atoms with van der Waals surface area (Å²) in [6.45, 7) is 3.94. The maximum atomic E-state index is 14.0. The molecule has 0 spiro atoms. The molecule has 0 heterocycles. The molecule has 2 nitrogen and oxygen atoms in total. The Kier molecular flexibility index (Phi) is 4.59. The van der Waals surface area contributed by atoms with Crippen LogP contribution in [-0.2, 0) is 4.79 Å². The van der Waals surface area contributed by atoms with E-state index in [-0.39, 0.29) is 27.8 Å². The summed E-state index contributed by atoms with van der Waals surface area (Å²) in [5.41, 5.74) is 0.740. The van der Waals surface area contributed by atoms with Gasteiger partial charge in [0.15, 0.2) is 0 Å². The number of amides is 1. The van der Waals surface area contributed by atoms with E-state index in [0.717, 1.165) is 17.8 Å². The predicted molar refractivity (Wildman–Crippen MR) is 101 cm³/mol. The van der Waals surface area contributed by atoms with Crippen molar-refractivity contribution in [3.05, 3.63) is 35.6 Å². The number of carbonyl (C=O) groups excluding carboxylic acids is 1. The van der Waals surface area contributed by atoms with Crippen LogP contribution in [0.4, 0.5) is 4.39 Å². The average molecular weight is 362 g/mol. The molecule has 1 aromatic carbocycles. The molecule has 0 saturated heterocycles. The van der Waals surface area contributed by atoms with Crippen LogP contribution < -0.4 is 5.32 Å². The van der Waals surface area contributed by atoms with Crippen LogP contribution in [0, 0.1) is 23.6 Å². The lowest BCUT2D eigenvalue weighted by atomic mass is 9.53. The molecule has 4 bridgehead atoms. The van der Waals surface area contributed by atoms with Crippen LogP contribution in [-0.4, -0.2) is 16.7 Å². The van der Waals surface area contributed by atoms with Gasteiger partial charge in [-0.05, 0) is 76.2 Å². The summed E-state index contributed by atoms with van der Waals surface area (Å²) in [5.74, 6) is 2.43. The van der Waals surface area contributed by atoms with Gasteiger partial charge in [-0.3, -0.25) is 4.79 Å². The van der Waals surface area contributed by atoms with Gasteiger partial charge in [0.25, 0.3) is 0 Å². The zero-order chi connectivity index (χ0) is 17.6. The number of halogens is 1. The monoisotopic (exact) mass is 361 g/mol. The molecule has 4 heteroatoms. The van der Waals surface area contributed by atoms with E-state index >= 15 is 0 Å². The van der Waals surface area contributed by atoms with Crippen molar-refractivity contribution in [2.24, 2.45) is 17.8 Å². The summed E-state index contributed by atoms with van der Waals surface area (Å²) in [6.07, 6.45) is 7.65. The number of hydrogen-bond acceptors (Lipinski definition) is 2. The number of rotatable bonds is 5. The summed E-state index contributed by atoms with van der Waals surface area (Å²) in [6, 6.07) is 6.87. The molecule has 1 N–H and O–H groups in total. The van der Waals surface area contributed by atoms with Crippen molar-refractivity contribution >= 4 is 17.7 Å². The van der Waals surface area contributed by atoms with Crippen molar-refractivity contribution in [2.45, 2.75) is 68.4 Å². The number of benzene rings is 1. The second kappa shape index (κ2) is 6.61. The van der Waals surface area contributed by atoms with Gasteiger partial charge in [-0.1, -0.05) is 18.2 Å². The van der Waals surface area contributed by atoms with Crippen LogP contribution in [0.3, 0.4) is 0 Å². The van der Waals surface area contributed by atoms with E-state index in [1.54, 1.807) is 17.8 Å². The standard InChI is InChI=1S/C21H28FNOS/c1-13(18-5-3-4-6-19(18)22)25-14(2)20(24)23-21-10-15-7-16(11-21)9-17(8-15)12-21/h3-6,13-17H,7-12H2,1-2H3,(H,23,24). The number of nitrogens with one attached hydrogen (secondary N) is 1. The Hall–Kier alpha value is -1.03. The molecule has 2 atom stereocenters. The quantitative estimate of drug-likeness (QED) is 0.791. The molecule has 4 aliphatic rings. The van der Waals surface area contributed by atoms with Gasteiger partial charge in [-0.2, -0.15) is 0 Å². The lowest BCUT2D eigenvalue weighted by Crippen LogP contribution is -2.60. The number of thioether (sulfide) groups is 1. The molecule has 5 rings (SSSR count). The molecule has 4 aliphatic carbocycles. The summed E-state index contributed by atoms with van der Waals surface area (Å²) in [7, 11) is 0. The Morgan fingerprint density at radius 1 is 1.12 bits per heavy atom. The normalized spacial score (nSPS) is 35.4. The van der Waals surface area contributed by atoms with Crippen LogP contribution in [0.15, 0.2) is 24.3 Å². The van der Waals surface area contributed by atoms with Crippen LogP contribution >= 0.6 is 11.8 Å². The summed E-state index contributed by atoms with van der Waals surface area (Å²) in [4.78, 5) is 12.9.